The number of hydrogen-bond acceptors (Lipinski definition) is 4. The van der Waals surface area contributed by atoms with Gasteiger partial charge in [0, 0.05) is 13.0 Å². The number of fused-ring (bicyclic) bond motifs is 1. The summed E-state index contributed by atoms with van der Waals surface area (Å²) in [5, 5.41) is 5.58. The summed E-state index contributed by atoms with van der Waals surface area (Å²) in [6.07, 6.45) is -0.356. The molecule has 3 N–H and O–H groups in total. The van der Waals surface area contributed by atoms with Gasteiger partial charge in [0.05, 0.1) is 17.1 Å². The molecule has 1 heterocycles. The van der Waals surface area contributed by atoms with Crippen molar-refractivity contribution in [2.75, 3.05) is 6.54 Å². The number of amides is 2. The Hall–Kier alpha value is -2.57. The molecule has 2 amide bonds. The minimum atomic E-state index is -0.559. The van der Waals surface area contributed by atoms with Gasteiger partial charge in [-0.2, -0.15) is 0 Å². The van der Waals surface area contributed by atoms with E-state index in [9.17, 15) is 9.59 Å². The standard InChI is InChI=1S/C19H28N4O3/c1-12(2)16(17-21-13-8-6-7-9-14(13)22-17)23-15(24)10-11-20-18(25)26-19(3,4)5/h6-9,12,16H,10-11H2,1-5H3,(H,20,25)(H,21,22)(H,23,24). The van der Waals surface area contributed by atoms with Crippen LogP contribution < -0.4 is 10.6 Å². The second kappa shape index (κ2) is 8.21. The lowest BCUT2D eigenvalue weighted by molar-refractivity contribution is -0.122. The van der Waals surface area contributed by atoms with Gasteiger partial charge in [0.2, 0.25) is 5.91 Å². The van der Waals surface area contributed by atoms with Crippen LogP contribution in [0.25, 0.3) is 11.0 Å². The van der Waals surface area contributed by atoms with E-state index in [0.717, 1.165) is 16.9 Å². The van der Waals surface area contributed by atoms with E-state index in [2.05, 4.69) is 20.6 Å². The molecule has 1 atom stereocenters. The first kappa shape index (κ1) is 19.8. The predicted octanol–water partition coefficient (Wildman–Crippen LogP) is 3.29. The summed E-state index contributed by atoms with van der Waals surface area (Å²) in [7, 11) is 0. The Balaban J connectivity index is 1.91. The van der Waals surface area contributed by atoms with Crippen molar-refractivity contribution in [2.24, 2.45) is 5.92 Å². The molecule has 0 bridgehead atoms. The average molecular weight is 360 g/mol. The average Bonchev–Trinajstić information content (AvgIpc) is 2.94. The highest BCUT2D eigenvalue weighted by atomic mass is 16.6. The molecule has 26 heavy (non-hydrogen) atoms. The normalized spacial score (nSPS) is 12.8. The van der Waals surface area contributed by atoms with Crippen LogP contribution in [0.5, 0.6) is 0 Å². The molecule has 0 aliphatic heterocycles. The minimum Gasteiger partial charge on any atom is -0.444 e. The van der Waals surface area contributed by atoms with Crippen molar-refractivity contribution in [3.05, 3.63) is 30.1 Å². The zero-order valence-electron chi connectivity index (χ0n) is 16.1. The molecule has 0 fully saturated rings. The number of carbonyl (C=O) groups excluding carboxylic acids is 2. The summed E-state index contributed by atoms with van der Waals surface area (Å²) >= 11 is 0. The number of para-hydroxylation sites is 2. The number of benzene rings is 1. The molecular weight excluding hydrogens is 332 g/mol. The summed E-state index contributed by atoms with van der Waals surface area (Å²) in [6, 6.07) is 7.53. The molecule has 1 aromatic heterocycles. The SMILES string of the molecule is CC(C)C(NC(=O)CCNC(=O)OC(C)(C)C)c1nc2ccccc2[nH]1. The van der Waals surface area contributed by atoms with Crippen LogP contribution in [0.1, 0.15) is 52.9 Å². The molecule has 0 radical (unpaired) electrons. The third kappa shape index (κ3) is 5.75. The van der Waals surface area contributed by atoms with Gasteiger partial charge in [-0.25, -0.2) is 9.78 Å². The summed E-state index contributed by atoms with van der Waals surface area (Å²) in [5.74, 6) is 0.744. The van der Waals surface area contributed by atoms with Crippen LogP contribution in [0.15, 0.2) is 24.3 Å². The topological polar surface area (TPSA) is 96.1 Å². The molecule has 142 valence electrons. The van der Waals surface area contributed by atoms with Gasteiger partial charge in [0.25, 0.3) is 0 Å². The molecule has 0 aliphatic carbocycles. The summed E-state index contributed by atoms with van der Waals surface area (Å²) < 4.78 is 5.15. The first-order chi connectivity index (χ1) is 12.2. The van der Waals surface area contributed by atoms with Gasteiger partial charge >= 0.3 is 6.09 Å². The third-order valence-corrected chi connectivity index (χ3v) is 3.71. The molecule has 0 aliphatic rings. The second-order valence-electron chi connectivity index (χ2n) is 7.61. The van der Waals surface area contributed by atoms with E-state index in [1.807, 2.05) is 38.1 Å². The summed E-state index contributed by atoms with van der Waals surface area (Å²) in [6.45, 7) is 9.64. The highest BCUT2D eigenvalue weighted by Crippen LogP contribution is 2.22. The lowest BCUT2D eigenvalue weighted by Crippen LogP contribution is -2.37. The number of hydrogen-bond donors (Lipinski definition) is 3. The Bertz CT molecular complexity index is 728. The van der Waals surface area contributed by atoms with E-state index < -0.39 is 11.7 Å². The monoisotopic (exact) mass is 360 g/mol. The molecule has 7 nitrogen and oxygen atoms in total. The van der Waals surface area contributed by atoms with Crippen LogP contribution in [0, 0.1) is 5.92 Å². The number of ether oxygens (including phenoxy) is 1. The fourth-order valence-corrected chi connectivity index (χ4v) is 2.51. The Morgan fingerprint density at radius 2 is 1.92 bits per heavy atom. The van der Waals surface area contributed by atoms with Gasteiger partial charge in [-0.3, -0.25) is 4.79 Å². The number of nitrogens with zero attached hydrogens (tertiary/aromatic N) is 1. The second-order valence-corrected chi connectivity index (χ2v) is 7.61. The number of carbonyl (C=O) groups is 2. The number of H-pyrrole nitrogens is 1. The van der Waals surface area contributed by atoms with Crippen LogP contribution in [0.2, 0.25) is 0 Å². The van der Waals surface area contributed by atoms with Crippen molar-refractivity contribution in [3.8, 4) is 0 Å². The number of imidazole rings is 1. The van der Waals surface area contributed by atoms with Crippen molar-refractivity contribution in [1.29, 1.82) is 0 Å². The maximum absolute atomic E-state index is 12.3. The smallest absolute Gasteiger partial charge is 0.407 e. The number of nitrogens with one attached hydrogen (secondary N) is 3. The van der Waals surface area contributed by atoms with Crippen molar-refractivity contribution >= 4 is 23.0 Å². The van der Waals surface area contributed by atoms with Crippen molar-refractivity contribution in [2.45, 2.75) is 52.7 Å². The predicted molar refractivity (Wildman–Crippen MR) is 101 cm³/mol. The van der Waals surface area contributed by atoms with Gasteiger partial charge in [0.15, 0.2) is 0 Å². The zero-order chi connectivity index (χ0) is 19.3. The highest BCUT2D eigenvalue weighted by Gasteiger charge is 2.22. The van der Waals surface area contributed by atoms with E-state index >= 15 is 0 Å². The van der Waals surface area contributed by atoms with Gasteiger partial charge in [-0.15, -0.1) is 0 Å². The molecule has 0 saturated heterocycles. The van der Waals surface area contributed by atoms with E-state index in [-0.39, 0.29) is 30.8 Å². The Morgan fingerprint density at radius 3 is 2.54 bits per heavy atom. The zero-order valence-corrected chi connectivity index (χ0v) is 16.1. The highest BCUT2D eigenvalue weighted by molar-refractivity contribution is 5.78. The molecule has 1 unspecified atom stereocenters. The fourth-order valence-electron chi connectivity index (χ4n) is 2.51. The lowest BCUT2D eigenvalue weighted by atomic mass is 10.0. The van der Waals surface area contributed by atoms with Gasteiger partial charge in [-0.1, -0.05) is 26.0 Å². The third-order valence-electron chi connectivity index (χ3n) is 3.71. The first-order valence-corrected chi connectivity index (χ1v) is 8.86. The molecule has 7 heteroatoms. The number of rotatable bonds is 6. The fraction of sp³-hybridized carbons (Fsp3) is 0.526. The van der Waals surface area contributed by atoms with Crippen molar-refractivity contribution in [3.63, 3.8) is 0 Å². The van der Waals surface area contributed by atoms with Crippen LogP contribution in [0.4, 0.5) is 4.79 Å². The van der Waals surface area contributed by atoms with Gasteiger partial charge in [-0.05, 0) is 38.8 Å². The van der Waals surface area contributed by atoms with Crippen LogP contribution in [0.3, 0.4) is 0 Å². The van der Waals surface area contributed by atoms with Crippen LogP contribution in [-0.4, -0.2) is 34.1 Å². The Morgan fingerprint density at radius 1 is 1.23 bits per heavy atom. The van der Waals surface area contributed by atoms with E-state index in [1.165, 1.54) is 0 Å². The maximum Gasteiger partial charge on any atom is 0.407 e. The number of alkyl carbamates (subject to hydrolysis) is 1. The quantitative estimate of drug-likeness (QED) is 0.736. The molecule has 0 saturated carbocycles. The molecule has 2 aromatic rings. The van der Waals surface area contributed by atoms with Crippen LogP contribution >= 0.6 is 0 Å². The molecule has 2 rings (SSSR count). The van der Waals surface area contributed by atoms with Gasteiger partial charge in [0.1, 0.15) is 11.4 Å². The maximum atomic E-state index is 12.3. The van der Waals surface area contributed by atoms with Crippen LogP contribution in [-0.2, 0) is 9.53 Å². The first-order valence-electron chi connectivity index (χ1n) is 8.86. The van der Waals surface area contributed by atoms with E-state index in [0.29, 0.717) is 0 Å². The molecule has 0 spiro atoms. The van der Waals surface area contributed by atoms with E-state index in [4.69, 9.17) is 4.74 Å². The summed E-state index contributed by atoms with van der Waals surface area (Å²) in [4.78, 5) is 31.7. The van der Waals surface area contributed by atoms with Crippen molar-refractivity contribution < 1.29 is 14.3 Å². The van der Waals surface area contributed by atoms with Crippen molar-refractivity contribution in [1.82, 2.24) is 20.6 Å². The Labute approximate surface area is 153 Å². The number of aromatic nitrogens is 2. The largest absolute Gasteiger partial charge is 0.444 e. The Kier molecular flexibility index (Phi) is 6.23. The molecular formula is C19H28N4O3. The minimum absolute atomic E-state index is 0.153. The number of aromatic amines is 1. The van der Waals surface area contributed by atoms with Gasteiger partial charge < -0.3 is 20.4 Å². The van der Waals surface area contributed by atoms with E-state index in [1.54, 1.807) is 20.8 Å². The summed E-state index contributed by atoms with van der Waals surface area (Å²) in [5.41, 5.74) is 1.25. The lowest BCUT2D eigenvalue weighted by Gasteiger charge is -2.21. The molecule has 1 aromatic carbocycles.